The average Bonchev–Trinajstić information content (AvgIpc) is 3.39. The quantitative estimate of drug-likeness (QED) is 0.221. The number of hydrogen-bond acceptors (Lipinski definition) is 3. The maximum absolute atomic E-state index is 5.16. The van der Waals surface area contributed by atoms with E-state index < -0.39 is 0 Å². The molecule has 0 N–H and O–H groups in total. The van der Waals surface area contributed by atoms with Gasteiger partial charge in [-0.2, -0.15) is 9.97 Å². The lowest BCUT2D eigenvalue weighted by atomic mass is 10.1. The Hall–Kier alpha value is -5.87. The molecule has 0 fully saturated rings. The highest BCUT2D eigenvalue weighted by Gasteiger charge is 2.18. The molecule has 0 unspecified atom stereocenters. The second-order valence-corrected chi connectivity index (χ2v) is 11.0. The summed E-state index contributed by atoms with van der Waals surface area (Å²) in [6.45, 7) is 0. The third kappa shape index (κ3) is 3.88. The van der Waals surface area contributed by atoms with Gasteiger partial charge in [0.25, 0.3) is 0 Å². The molecular formula is C39H24N4. The van der Waals surface area contributed by atoms with Crippen molar-refractivity contribution in [2.75, 3.05) is 0 Å². The molecule has 2 heterocycles. The number of aromatic nitrogens is 4. The van der Waals surface area contributed by atoms with Gasteiger partial charge in [-0.05, 0) is 62.6 Å². The van der Waals surface area contributed by atoms with Gasteiger partial charge < -0.3 is 0 Å². The zero-order valence-corrected chi connectivity index (χ0v) is 23.1. The molecular weight excluding hydrogens is 524 g/mol. The van der Waals surface area contributed by atoms with E-state index in [1.165, 1.54) is 32.3 Å². The van der Waals surface area contributed by atoms with Gasteiger partial charge >= 0.3 is 0 Å². The zero-order valence-electron chi connectivity index (χ0n) is 23.1. The van der Waals surface area contributed by atoms with Gasteiger partial charge in [0, 0.05) is 21.9 Å². The topological polar surface area (TPSA) is 43.6 Å². The third-order valence-corrected chi connectivity index (χ3v) is 8.38. The van der Waals surface area contributed by atoms with Crippen LogP contribution >= 0.6 is 0 Å². The van der Waals surface area contributed by atoms with Gasteiger partial charge in [-0.25, -0.2) is 4.98 Å². The van der Waals surface area contributed by atoms with Crippen molar-refractivity contribution in [3.05, 3.63) is 146 Å². The number of hydrogen-bond donors (Lipinski definition) is 0. The van der Waals surface area contributed by atoms with Crippen LogP contribution in [-0.4, -0.2) is 19.5 Å². The summed E-state index contributed by atoms with van der Waals surface area (Å²) in [5.41, 5.74) is 4.04. The third-order valence-electron chi connectivity index (χ3n) is 8.38. The van der Waals surface area contributed by atoms with Gasteiger partial charge in [0.1, 0.15) is 0 Å². The zero-order chi connectivity index (χ0) is 28.3. The first-order valence-electron chi connectivity index (χ1n) is 14.5. The number of fused-ring (bicyclic) bond motifs is 6. The van der Waals surface area contributed by atoms with Crippen LogP contribution in [0.25, 0.3) is 82.8 Å². The molecule has 43 heavy (non-hydrogen) atoms. The van der Waals surface area contributed by atoms with Crippen molar-refractivity contribution in [3.63, 3.8) is 0 Å². The van der Waals surface area contributed by atoms with Crippen LogP contribution in [0.15, 0.2) is 146 Å². The van der Waals surface area contributed by atoms with E-state index in [0.717, 1.165) is 32.9 Å². The lowest BCUT2D eigenvalue weighted by molar-refractivity contribution is 0.954. The molecule has 4 heteroatoms. The highest BCUT2D eigenvalue weighted by molar-refractivity contribution is 6.13. The average molecular weight is 549 g/mol. The van der Waals surface area contributed by atoms with Crippen LogP contribution in [0.4, 0.5) is 0 Å². The number of nitrogens with zero attached hydrogens (tertiary/aromatic N) is 4. The predicted octanol–water partition coefficient (Wildman–Crippen LogP) is 9.76. The second kappa shape index (κ2) is 9.33. The lowest BCUT2D eigenvalue weighted by Crippen LogP contribution is -2.06. The fourth-order valence-electron chi connectivity index (χ4n) is 6.25. The Morgan fingerprint density at radius 3 is 1.44 bits per heavy atom. The van der Waals surface area contributed by atoms with Crippen LogP contribution in [0, 0.1) is 0 Å². The maximum atomic E-state index is 5.16. The highest BCUT2D eigenvalue weighted by atomic mass is 15.2. The Kier molecular flexibility index (Phi) is 5.16. The van der Waals surface area contributed by atoms with Crippen LogP contribution in [0.1, 0.15) is 0 Å². The smallest absolute Gasteiger partial charge is 0.238 e. The van der Waals surface area contributed by atoms with E-state index in [2.05, 4.69) is 150 Å². The molecule has 9 aromatic rings. The number of benzene rings is 7. The molecule has 0 spiro atoms. The van der Waals surface area contributed by atoms with Gasteiger partial charge in [-0.15, -0.1) is 0 Å². The molecule has 0 aliphatic heterocycles. The summed E-state index contributed by atoms with van der Waals surface area (Å²) in [7, 11) is 0. The maximum Gasteiger partial charge on any atom is 0.238 e. The summed E-state index contributed by atoms with van der Waals surface area (Å²) in [5.74, 6) is 1.89. The Morgan fingerprint density at radius 2 is 0.837 bits per heavy atom. The van der Waals surface area contributed by atoms with E-state index in [9.17, 15) is 0 Å². The molecule has 200 valence electrons. The van der Waals surface area contributed by atoms with E-state index in [0.29, 0.717) is 17.6 Å². The molecule has 0 saturated carbocycles. The fourth-order valence-corrected chi connectivity index (χ4v) is 6.25. The minimum Gasteiger partial charge on any atom is -0.278 e. The van der Waals surface area contributed by atoms with E-state index in [4.69, 9.17) is 15.0 Å². The van der Waals surface area contributed by atoms with Crippen LogP contribution in [0.2, 0.25) is 0 Å². The minimum atomic E-state index is 0.600. The van der Waals surface area contributed by atoms with Gasteiger partial charge in [0.15, 0.2) is 11.6 Å². The summed E-state index contributed by atoms with van der Waals surface area (Å²) in [4.78, 5) is 15.4. The van der Waals surface area contributed by atoms with E-state index in [-0.39, 0.29) is 0 Å². The standard InChI is InChI=1S/C39H24N4/c1-3-11-27-21-31(19-17-25(27)9-1)37-40-38(32-20-18-26-10-2-4-12-28(26)22-32)42-39(41-37)43-35-16-8-7-15-33(35)34-23-29-13-5-6-14-30(29)24-36(34)43/h1-24H. The van der Waals surface area contributed by atoms with Crippen LogP contribution < -0.4 is 0 Å². The normalized spacial score (nSPS) is 11.7. The number of para-hydroxylation sites is 1. The summed E-state index contributed by atoms with van der Waals surface area (Å²) >= 11 is 0. The second-order valence-electron chi connectivity index (χ2n) is 11.0. The molecule has 0 atom stereocenters. The Balaban J connectivity index is 1.36. The van der Waals surface area contributed by atoms with Gasteiger partial charge in [0.2, 0.25) is 5.95 Å². The van der Waals surface area contributed by atoms with Crippen molar-refractivity contribution in [1.82, 2.24) is 19.5 Å². The van der Waals surface area contributed by atoms with E-state index in [1.54, 1.807) is 0 Å². The van der Waals surface area contributed by atoms with Gasteiger partial charge in [-0.1, -0.05) is 115 Å². The molecule has 0 radical (unpaired) electrons. The molecule has 9 rings (SSSR count). The molecule has 0 aliphatic rings. The molecule has 0 amide bonds. The summed E-state index contributed by atoms with van der Waals surface area (Å²) < 4.78 is 2.19. The Bertz CT molecular complexity index is 2430. The molecule has 7 aromatic carbocycles. The van der Waals surface area contributed by atoms with Crippen molar-refractivity contribution in [3.8, 4) is 28.7 Å². The lowest BCUT2D eigenvalue weighted by Gasteiger charge is -2.12. The molecule has 0 saturated heterocycles. The van der Waals surface area contributed by atoms with Gasteiger partial charge in [0.05, 0.1) is 11.0 Å². The van der Waals surface area contributed by atoms with Crippen molar-refractivity contribution in [2.24, 2.45) is 0 Å². The Labute approximate surface area is 247 Å². The Morgan fingerprint density at radius 1 is 0.349 bits per heavy atom. The first-order chi connectivity index (χ1) is 21.3. The van der Waals surface area contributed by atoms with Crippen LogP contribution in [0.3, 0.4) is 0 Å². The predicted molar refractivity (Wildman–Crippen MR) is 178 cm³/mol. The molecule has 0 aliphatic carbocycles. The van der Waals surface area contributed by atoms with Crippen molar-refractivity contribution < 1.29 is 0 Å². The van der Waals surface area contributed by atoms with E-state index in [1.807, 2.05) is 0 Å². The van der Waals surface area contributed by atoms with Crippen molar-refractivity contribution in [2.45, 2.75) is 0 Å². The largest absolute Gasteiger partial charge is 0.278 e. The first kappa shape index (κ1) is 23.8. The molecule has 0 bridgehead atoms. The van der Waals surface area contributed by atoms with Crippen molar-refractivity contribution in [1.29, 1.82) is 0 Å². The summed E-state index contributed by atoms with van der Waals surface area (Å²) in [6.07, 6.45) is 0. The van der Waals surface area contributed by atoms with Crippen LogP contribution in [0.5, 0.6) is 0 Å². The number of rotatable bonds is 3. The first-order valence-corrected chi connectivity index (χ1v) is 14.5. The van der Waals surface area contributed by atoms with Gasteiger partial charge in [-0.3, -0.25) is 4.57 Å². The van der Waals surface area contributed by atoms with Crippen LogP contribution in [-0.2, 0) is 0 Å². The van der Waals surface area contributed by atoms with Crippen molar-refractivity contribution >= 4 is 54.1 Å². The fraction of sp³-hybridized carbons (Fsp3) is 0. The highest BCUT2D eigenvalue weighted by Crippen LogP contribution is 2.35. The molecule has 2 aromatic heterocycles. The summed E-state index contributed by atoms with van der Waals surface area (Å²) in [5, 5.41) is 9.40. The molecule has 4 nitrogen and oxygen atoms in total. The minimum absolute atomic E-state index is 0.600. The summed E-state index contributed by atoms with van der Waals surface area (Å²) in [6, 6.07) is 51.1. The monoisotopic (exact) mass is 548 g/mol. The SMILES string of the molecule is c1ccc2cc(-c3nc(-c4ccc5ccccc5c4)nc(-n4c5ccccc5c5cc6ccccc6cc54)n3)ccc2c1. The van der Waals surface area contributed by atoms with E-state index >= 15 is 0 Å².